The highest BCUT2D eigenvalue weighted by Gasteiger charge is 2.05. The fraction of sp³-hybridized carbons (Fsp3) is 0. The summed E-state index contributed by atoms with van der Waals surface area (Å²) >= 11 is 0. The molecule has 66 valence electrons. The van der Waals surface area contributed by atoms with Crippen LogP contribution in [0.1, 0.15) is 10.5 Å². The number of carbonyl (C=O) groups is 1. The molecule has 0 aliphatic rings. The van der Waals surface area contributed by atoms with E-state index in [1.54, 1.807) is 18.2 Å². The summed E-state index contributed by atoms with van der Waals surface area (Å²) in [6.45, 7) is 0. The molecule has 4 nitrogen and oxygen atoms in total. The lowest BCUT2D eigenvalue weighted by molar-refractivity contribution is 0.0690. The van der Waals surface area contributed by atoms with Gasteiger partial charge in [0.05, 0.1) is 17.2 Å². The van der Waals surface area contributed by atoms with E-state index in [2.05, 4.69) is 9.97 Å². The molecule has 1 aromatic carbocycles. The zero-order valence-corrected chi connectivity index (χ0v) is 7.14. The van der Waals surface area contributed by atoms with E-state index in [1.165, 1.54) is 6.20 Å². The third-order valence-electron chi connectivity index (χ3n) is 1.79. The maximum Gasteiger partial charge on any atom is 0.356 e. The van der Waals surface area contributed by atoms with Crippen LogP contribution in [0.15, 0.2) is 24.4 Å². The van der Waals surface area contributed by atoms with E-state index in [9.17, 15) is 4.79 Å². The van der Waals surface area contributed by atoms with E-state index in [-0.39, 0.29) is 5.69 Å². The molecule has 0 bridgehead atoms. The Morgan fingerprint density at radius 1 is 1.36 bits per heavy atom. The Balaban J connectivity index is 2.67. The zero-order valence-electron chi connectivity index (χ0n) is 7.14. The average molecular weight is 184 g/mol. The lowest BCUT2D eigenvalue weighted by atomic mass is 9.96. The first kappa shape index (κ1) is 8.68. The first-order valence-electron chi connectivity index (χ1n) is 3.92. The van der Waals surface area contributed by atoms with Crippen LogP contribution in [0.3, 0.4) is 0 Å². The van der Waals surface area contributed by atoms with Crippen molar-refractivity contribution in [2.24, 2.45) is 0 Å². The van der Waals surface area contributed by atoms with Gasteiger partial charge in [0.1, 0.15) is 7.85 Å². The third kappa shape index (κ3) is 1.44. The van der Waals surface area contributed by atoms with Gasteiger partial charge in [0.2, 0.25) is 0 Å². The molecule has 0 fully saturated rings. The molecule has 0 saturated carbocycles. The minimum atomic E-state index is -1.09. The lowest BCUT2D eigenvalue weighted by Crippen LogP contribution is -2.05. The van der Waals surface area contributed by atoms with E-state index in [1.807, 2.05) is 0 Å². The molecule has 0 unspecified atom stereocenters. The molecule has 1 aromatic heterocycles. The lowest BCUT2D eigenvalue weighted by Gasteiger charge is -1.99. The highest BCUT2D eigenvalue weighted by atomic mass is 16.4. The summed E-state index contributed by atoms with van der Waals surface area (Å²) in [4.78, 5) is 18.4. The number of benzene rings is 1. The number of fused-ring (bicyclic) bond motifs is 1. The number of carboxylic acid groups (broad SMARTS) is 1. The van der Waals surface area contributed by atoms with Crippen molar-refractivity contribution in [3.05, 3.63) is 30.1 Å². The van der Waals surface area contributed by atoms with E-state index in [4.69, 9.17) is 13.0 Å². The van der Waals surface area contributed by atoms with Crippen molar-refractivity contribution in [3.8, 4) is 0 Å². The Bertz CT molecular complexity index is 513. The Morgan fingerprint density at radius 3 is 2.86 bits per heavy atom. The summed E-state index contributed by atoms with van der Waals surface area (Å²) in [6, 6.07) is 4.95. The van der Waals surface area contributed by atoms with Gasteiger partial charge in [0.25, 0.3) is 0 Å². The minimum absolute atomic E-state index is 0.0673. The summed E-state index contributed by atoms with van der Waals surface area (Å²) in [7, 11) is 5.54. The second kappa shape index (κ2) is 3.10. The highest BCUT2D eigenvalue weighted by Crippen LogP contribution is 2.06. The molecule has 0 saturated heterocycles. The SMILES string of the molecule is [B]c1ccc2nc(C(=O)O)cnc2c1. The first-order chi connectivity index (χ1) is 6.66. The largest absolute Gasteiger partial charge is 0.476 e. The number of hydrogen-bond acceptors (Lipinski definition) is 3. The van der Waals surface area contributed by atoms with Gasteiger partial charge in [-0.25, -0.2) is 9.78 Å². The normalized spacial score (nSPS) is 10.3. The van der Waals surface area contributed by atoms with Gasteiger partial charge in [-0.05, 0) is 12.1 Å². The van der Waals surface area contributed by atoms with Crippen LogP contribution in [0.25, 0.3) is 11.0 Å². The number of rotatable bonds is 1. The molecule has 14 heavy (non-hydrogen) atoms. The Hall–Kier alpha value is -1.91. The summed E-state index contributed by atoms with van der Waals surface area (Å²) in [5, 5.41) is 8.67. The molecular formula is C9H5BN2O2. The van der Waals surface area contributed by atoms with Gasteiger partial charge in [-0.3, -0.25) is 4.98 Å². The molecule has 2 radical (unpaired) electrons. The van der Waals surface area contributed by atoms with E-state index < -0.39 is 5.97 Å². The van der Waals surface area contributed by atoms with Gasteiger partial charge in [0, 0.05) is 0 Å². The molecular weight excluding hydrogens is 179 g/mol. The van der Waals surface area contributed by atoms with Crippen LogP contribution < -0.4 is 5.46 Å². The van der Waals surface area contributed by atoms with Crippen LogP contribution in [0.4, 0.5) is 0 Å². The second-order valence-electron chi connectivity index (χ2n) is 2.81. The van der Waals surface area contributed by atoms with E-state index >= 15 is 0 Å². The number of hydrogen-bond donors (Lipinski definition) is 1. The van der Waals surface area contributed by atoms with Crippen LogP contribution >= 0.6 is 0 Å². The zero-order chi connectivity index (χ0) is 10.1. The molecule has 0 amide bonds. The molecule has 2 aromatic rings. The first-order valence-corrected chi connectivity index (χ1v) is 3.92. The smallest absolute Gasteiger partial charge is 0.356 e. The number of nitrogens with zero attached hydrogens (tertiary/aromatic N) is 2. The highest BCUT2D eigenvalue weighted by molar-refractivity contribution is 6.33. The van der Waals surface area contributed by atoms with Crippen molar-refractivity contribution in [1.29, 1.82) is 0 Å². The van der Waals surface area contributed by atoms with Crippen LogP contribution in [0, 0.1) is 0 Å². The molecule has 2 rings (SSSR count). The van der Waals surface area contributed by atoms with Crippen LogP contribution in [-0.2, 0) is 0 Å². The van der Waals surface area contributed by atoms with Gasteiger partial charge in [0.15, 0.2) is 5.69 Å². The number of aromatic nitrogens is 2. The summed E-state index contributed by atoms with van der Waals surface area (Å²) in [6.07, 6.45) is 1.21. The third-order valence-corrected chi connectivity index (χ3v) is 1.79. The van der Waals surface area contributed by atoms with Gasteiger partial charge >= 0.3 is 5.97 Å². The average Bonchev–Trinajstić information content (AvgIpc) is 2.16. The van der Waals surface area contributed by atoms with Gasteiger partial charge in [-0.15, -0.1) is 0 Å². The Labute approximate surface area is 81.0 Å². The standard InChI is InChI=1S/C9H5BN2O2/c10-5-1-2-6-7(3-5)11-4-8(12-6)9(13)14/h1-4H,(H,13,14). The van der Waals surface area contributed by atoms with Crippen molar-refractivity contribution >= 4 is 30.3 Å². The number of aromatic carboxylic acids is 1. The van der Waals surface area contributed by atoms with Gasteiger partial charge in [-0.1, -0.05) is 11.5 Å². The molecule has 0 atom stereocenters. The predicted octanol–water partition coefficient (Wildman–Crippen LogP) is 0.122. The monoisotopic (exact) mass is 184 g/mol. The quantitative estimate of drug-likeness (QED) is 0.639. The van der Waals surface area contributed by atoms with Crippen LogP contribution in [0.2, 0.25) is 0 Å². The van der Waals surface area contributed by atoms with Crippen molar-refractivity contribution < 1.29 is 9.90 Å². The fourth-order valence-electron chi connectivity index (χ4n) is 1.13. The van der Waals surface area contributed by atoms with Crippen LogP contribution in [-0.4, -0.2) is 28.9 Å². The van der Waals surface area contributed by atoms with Crippen molar-refractivity contribution in [2.75, 3.05) is 0 Å². The predicted molar refractivity (Wildman–Crippen MR) is 51.9 cm³/mol. The maximum absolute atomic E-state index is 10.6. The number of carboxylic acids is 1. The maximum atomic E-state index is 10.6. The Morgan fingerprint density at radius 2 is 2.14 bits per heavy atom. The van der Waals surface area contributed by atoms with Crippen LogP contribution in [0.5, 0.6) is 0 Å². The summed E-state index contributed by atoms with van der Waals surface area (Å²) < 4.78 is 0. The molecule has 0 spiro atoms. The Kier molecular flexibility index (Phi) is 1.92. The molecule has 1 heterocycles. The second-order valence-corrected chi connectivity index (χ2v) is 2.81. The van der Waals surface area contributed by atoms with Crippen molar-refractivity contribution in [3.63, 3.8) is 0 Å². The molecule has 1 N–H and O–H groups in total. The minimum Gasteiger partial charge on any atom is -0.476 e. The topological polar surface area (TPSA) is 63.1 Å². The molecule has 0 aliphatic heterocycles. The van der Waals surface area contributed by atoms with Crippen molar-refractivity contribution in [1.82, 2.24) is 9.97 Å². The van der Waals surface area contributed by atoms with Gasteiger partial charge in [-0.2, -0.15) is 0 Å². The molecule has 5 heteroatoms. The fourth-order valence-corrected chi connectivity index (χ4v) is 1.13. The van der Waals surface area contributed by atoms with Crippen molar-refractivity contribution in [2.45, 2.75) is 0 Å². The van der Waals surface area contributed by atoms with Gasteiger partial charge < -0.3 is 5.11 Å². The summed E-state index contributed by atoms with van der Waals surface area (Å²) in [5.74, 6) is -1.09. The summed E-state index contributed by atoms with van der Waals surface area (Å²) in [5.41, 5.74) is 1.63. The molecule has 0 aliphatic carbocycles. The van der Waals surface area contributed by atoms with E-state index in [0.29, 0.717) is 16.5 Å². The van der Waals surface area contributed by atoms with E-state index in [0.717, 1.165) is 0 Å².